The fraction of sp³-hybridized carbons (Fsp3) is 1.00. The van der Waals surface area contributed by atoms with Crippen molar-refractivity contribution in [2.45, 2.75) is 32.7 Å². The zero-order valence-electron chi connectivity index (χ0n) is 9.30. The average molecular weight is 243 g/mol. The number of hydrogen-bond acceptors (Lipinski definition) is 1. The van der Waals surface area contributed by atoms with Gasteiger partial charge in [0.05, 0.1) is 0 Å². The molecular formula is C9H21N2Rb. The first-order valence-corrected chi connectivity index (χ1v) is 4.60. The van der Waals surface area contributed by atoms with Crippen LogP contribution in [0, 0.1) is 0 Å². The van der Waals surface area contributed by atoms with Crippen LogP contribution in [0.1, 0.15) is 26.7 Å². The van der Waals surface area contributed by atoms with Crippen LogP contribution in [-0.4, -0.2) is 38.1 Å². The Bertz CT molecular complexity index is 80.6. The number of rotatable bonds is 2. The van der Waals surface area contributed by atoms with Gasteiger partial charge in [0.15, 0.2) is 0 Å². The Morgan fingerprint density at radius 1 is 1.33 bits per heavy atom. The van der Waals surface area contributed by atoms with E-state index < -0.39 is 0 Å². The van der Waals surface area contributed by atoms with Crippen molar-refractivity contribution in [2.24, 2.45) is 0 Å². The maximum Gasteiger partial charge on any atom is 1.00 e. The van der Waals surface area contributed by atoms with Crippen LogP contribution < -0.4 is 58.2 Å². The molecule has 1 fully saturated rings. The molecule has 0 aliphatic carbocycles. The van der Waals surface area contributed by atoms with Crippen molar-refractivity contribution in [1.29, 1.82) is 0 Å². The van der Waals surface area contributed by atoms with Crippen molar-refractivity contribution >= 4 is 0 Å². The van der Waals surface area contributed by atoms with Crippen molar-refractivity contribution in [2.75, 3.05) is 27.2 Å². The normalized spacial score (nSPS) is 21.2. The Hall–Kier alpha value is 1.73. The molecule has 0 aromatic carbocycles. The molecule has 2 nitrogen and oxygen atoms in total. The van der Waals surface area contributed by atoms with E-state index in [9.17, 15) is 0 Å². The van der Waals surface area contributed by atoms with Gasteiger partial charge < -0.3 is 10.2 Å². The second-order valence-corrected chi connectivity index (χ2v) is 2.96. The SMILES string of the molecule is CC.CN(C)CC1CCC[N-]1.[Rb+]. The smallest absolute Gasteiger partial charge is 0.658 e. The molecule has 0 spiro atoms. The molecule has 0 N–H and O–H groups in total. The summed E-state index contributed by atoms with van der Waals surface area (Å²) < 4.78 is 0. The first-order chi connectivity index (χ1) is 5.29. The fourth-order valence-corrected chi connectivity index (χ4v) is 1.26. The fourth-order valence-electron chi connectivity index (χ4n) is 1.26. The summed E-state index contributed by atoms with van der Waals surface area (Å²) in [6, 6.07) is 0.639. The molecule has 68 valence electrons. The van der Waals surface area contributed by atoms with E-state index in [1.54, 1.807) is 0 Å². The van der Waals surface area contributed by atoms with Crippen molar-refractivity contribution in [3.8, 4) is 0 Å². The molecule has 1 atom stereocenters. The molecule has 12 heavy (non-hydrogen) atoms. The topological polar surface area (TPSA) is 17.3 Å². The molecule has 0 radical (unpaired) electrons. The van der Waals surface area contributed by atoms with E-state index in [-0.39, 0.29) is 58.2 Å². The second-order valence-electron chi connectivity index (χ2n) is 2.96. The summed E-state index contributed by atoms with van der Waals surface area (Å²) in [4.78, 5) is 2.21. The third-order valence-corrected chi connectivity index (χ3v) is 1.66. The Labute approximate surface area is 126 Å². The van der Waals surface area contributed by atoms with Crippen molar-refractivity contribution in [3.63, 3.8) is 0 Å². The molecule has 3 heteroatoms. The molecule has 1 saturated heterocycles. The van der Waals surface area contributed by atoms with Gasteiger partial charge >= 0.3 is 58.2 Å². The zero-order chi connectivity index (χ0) is 8.69. The molecule has 0 aromatic heterocycles. The third kappa shape index (κ3) is 8.33. The standard InChI is InChI=1S/C7H15N2.C2H6.Rb/c1-9(2)6-7-4-3-5-8-7;1-2;/h7H,3-6H2,1-2H3;1-2H3;/q-1;;+1. The van der Waals surface area contributed by atoms with E-state index in [0.29, 0.717) is 6.04 Å². The predicted octanol–water partition coefficient (Wildman–Crippen LogP) is -0.886. The van der Waals surface area contributed by atoms with Gasteiger partial charge in [0.2, 0.25) is 0 Å². The summed E-state index contributed by atoms with van der Waals surface area (Å²) in [5, 5.41) is 4.43. The van der Waals surface area contributed by atoms with E-state index >= 15 is 0 Å². The third-order valence-electron chi connectivity index (χ3n) is 1.66. The molecule has 0 bridgehead atoms. The van der Waals surface area contributed by atoms with Crippen LogP contribution in [-0.2, 0) is 0 Å². The summed E-state index contributed by atoms with van der Waals surface area (Å²) >= 11 is 0. The van der Waals surface area contributed by atoms with E-state index in [4.69, 9.17) is 0 Å². The van der Waals surface area contributed by atoms with Crippen LogP contribution in [0.15, 0.2) is 0 Å². The molecule has 0 saturated carbocycles. The molecule has 0 amide bonds. The van der Waals surface area contributed by atoms with Gasteiger partial charge in [-0.05, 0) is 20.6 Å². The molecular weight excluding hydrogens is 222 g/mol. The van der Waals surface area contributed by atoms with Crippen molar-refractivity contribution in [1.82, 2.24) is 4.90 Å². The van der Waals surface area contributed by atoms with E-state index in [2.05, 4.69) is 24.3 Å². The average Bonchev–Trinajstić information content (AvgIpc) is 2.43. The van der Waals surface area contributed by atoms with Gasteiger partial charge in [-0.1, -0.05) is 26.7 Å². The Morgan fingerprint density at radius 3 is 2.25 bits per heavy atom. The maximum atomic E-state index is 4.43. The molecule has 1 unspecified atom stereocenters. The van der Waals surface area contributed by atoms with Crippen molar-refractivity contribution in [3.05, 3.63) is 5.32 Å². The van der Waals surface area contributed by atoms with Crippen LogP contribution in [0.4, 0.5) is 0 Å². The quantitative estimate of drug-likeness (QED) is 0.615. The van der Waals surface area contributed by atoms with Gasteiger partial charge in [-0.15, -0.1) is 12.6 Å². The second kappa shape index (κ2) is 10.8. The van der Waals surface area contributed by atoms with Crippen LogP contribution in [0.5, 0.6) is 0 Å². The first-order valence-electron chi connectivity index (χ1n) is 4.60. The monoisotopic (exact) mass is 242 g/mol. The van der Waals surface area contributed by atoms with Crippen LogP contribution in [0.3, 0.4) is 0 Å². The summed E-state index contributed by atoms with van der Waals surface area (Å²) in [5.74, 6) is 0. The zero-order valence-corrected chi connectivity index (χ0v) is 14.2. The minimum Gasteiger partial charge on any atom is -0.658 e. The number of likely N-dealkylation sites (N-methyl/N-ethyl adjacent to an activating group) is 1. The largest absolute Gasteiger partial charge is 1.00 e. The molecule has 1 rings (SSSR count). The van der Waals surface area contributed by atoms with Crippen LogP contribution >= 0.6 is 0 Å². The number of nitrogens with zero attached hydrogens (tertiary/aromatic N) is 2. The Morgan fingerprint density at radius 2 is 1.92 bits per heavy atom. The number of hydrogen-bond donors (Lipinski definition) is 0. The maximum absolute atomic E-state index is 4.43. The van der Waals surface area contributed by atoms with Crippen LogP contribution in [0.25, 0.3) is 5.32 Å². The van der Waals surface area contributed by atoms with E-state index in [1.165, 1.54) is 12.8 Å². The summed E-state index contributed by atoms with van der Waals surface area (Å²) in [7, 11) is 4.21. The molecule has 0 aromatic rings. The molecule has 1 heterocycles. The summed E-state index contributed by atoms with van der Waals surface area (Å²) in [6.07, 6.45) is 2.61. The minimum absolute atomic E-state index is 0. The van der Waals surface area contributed by atoms with Gasteiger partial charge in [-0.25, -0.2) is 0 Å². The van der Waals surface area contributed by atoms with Crippen LogP contribution in [0.2, 0.25) is 0 Å². The predicted molar refractivity (Wildman–Crippen MR) is 51.2 cm³/mol. The Kier molecular flexibility index (Phi) is 14.6. The van der Waals surface area contributed by atoms with Gasteiger partial charge in [0.25, 0.3) is 0 Å². The summed E-state index contributed by atoms with van der Waals surface area (Å²) in [6.45, 7) is 6.23. The summed E-state index contributed by atoms with van der Waals surface area (Å²) in [5.41, 5.74) is 0. The van der Waals surface area contributed by atoms with E-state index in [1.807, 2.05) is 13.8 Å². The van der Waals surface area contributed by atoms with E-state index in [0.717, 1.165) is 13.1 Å². The first kappa shape index (κ1) is 16.2. The molecule has 1 aliphatic heterocycles. The van der Waals surface area contributed by atoms with Gasteiger partial charge in [-0.3, -0.25) is 0 Å². The minimum atomic E-state index is 0. The van der Waals surface area contributed by atoms with Crippen molar-refractivity contribution < 1.29 is 58.2 Å². The van der Waals surface area contributed by atoms with Gasteiger partial charge in [0, 0.05) is 0 Å². The Balaban J connectivity index is 0. The molecule has 1 aliphatic rings. The van der Waals surface area contributed by atoms with Gasteiger partial charge in [0.1, 0.15) is 0 Å². The van der Waals surface area contributed by atoms with Gasteiger partial charge in [-0.2, -0.15) is 0 Å².